The summed E-state index contributed by atoms with van der Waals surface area (Å²) in [6.07, 6.45) is 3.69. The van der Waals surface area contributed by atoms with Crippen molar-refractivity contribution in [3.63, 3.8) is 0 Å². The highest BCUT2D eigenvalue weighted by atomic mass is 79.9. The molecule has 14 aromatic carbocycles. The van der Waals surface area contributed by atoms with E-state index in [1.54, 1.807) is 0 Å². The molecule has 0 spiro atoms. The molecule has 4 aromatic heterocycles. The molecule has 0 saturated carbocycles. The summed E-state index contributed by atoms with van der Waals surface area (Å²) in [5, 5.41) is 2.31. The average molecular weight is 1530 g/mol. The summed E-state index contributed by atoms with van der Waals surface area (Å²) >= 11 is 3.45. The van der Waals surface area contributed by atoms with E-state index in [-0.39, 0.29) is 0 Å². The molecule has 10 heteroatoms. The Hall–Kier alpha value is -13.5. The molecule has 18 aromatic rings. The van der Waals surface area contributed by atoms with E-state index in [1.807, 2.05) is 60.9 Å². The molecule has 1 aliphatic rings. The number of benzene rings is 14. The fourth-order valence-electron chi connectivity index (χ4n) is 14.6. The molecule has 114 heavy (non-hydrogen) atoms. The molecule has 0 radical (unpaired) electrons. The minimum atomic E-state index is -0.425. The minimum Gasteiger partial charge on any atom is -0.399 e. The Morgan fingerprint density at radius 1 is 0.237 bits per heavy atom. The second-order valence-electron chi connectivity index (χ2n) is 29.2. The van der Waals surface area contributed by atoms with Gasteiger partial charge in [0.2, 0.25) is 0 Å². The van der Waals surface area contributed by atoms with Gasteiger partial charge in [-0.15, -0.1) is 0 Å². The third kappa shape index (κ3) is 15.8. The summed E-state index contributed by atoms with van der Waals surface area (Å²) in [6.45, 7) is 8.29. The Kier molecular flexibility index (Phi) is 21.1. The van der Waals surface area contributed by atoms with E-state index < -0.39 is 18.3 Å². The first-order valence-electron chi connectivity index (χ1n) is 38.4. The van der Waals surface area contributed by atoms with Gasteiger partial charge in [0.25, 0.3) is 0 Å². The van der Waals surface area contributed by atoms with Gasteiger partial charge in [-0.1, -0.05) is 380 Å². The van der Waals surface area contributed by atoms with Crippen molar-refractivity contribution >= 4 is 50.3 Å². The van der Waals surface area contributed by atoms with E-state index in [0.717, 1.165) is 127 Å². The number of aromatic nitrogens is 6. The smallest absolute Gasteiger partial charge is 0.399 e. The van der Waals surface area contributed by atoms with Crippen LogP contribution < -0.4 is 5.46 Å². The molecule has 546 valence electrons. The summed E-state index contributed by atoms with van der Waals surface area (Å²) < 4.78 is 13.7. The van der Waals surface area contributed by atoms with Gasteiger partial charge in [-0.05, 0) is 113 Å². The van der Waals surface area contributed by atoms with Crippen molar-refractivity contribution in [2.45, 2.75) is 38.9 Å². The molecule has 0 amide bonds. The van der Waals surface area contributed by atoms with E-state index in [1.165, 1.54) is 38.8 Å². The molecule has 1 aliphatic heterocycles. The van der Waals surface area contributed by atoms with Crippen molar-refractivity contribution in [3.8, 4) is 146 Å². The van der Waals surface area contributed by atoms with Gasteiger partial charge >= 0.3 is 7.12 Å². The van der Waals surface area contributed by atoms with E-state index >= 15 is 0 Å². The van der Waals surface area contributed by atoms with Crippen LogP contribution in [0.3, 0.4) is 0 Å². The molecule has 0 aliphatic carbocycles. The number of halogens is 1. The first kappa shape index (κ1) is 73.3. The van der Waals surface area contributed by atoms with Crippen LogP contribution in [0.25, 0.3) is 167 Å². The van der Waals surface area contributed by atoms with Gasteiger partial charge in [-0.25, -0.2) is 19.9 Å². The van der Waals surface area contributed by atoms with Gasteiger partial charge in [0.15, 0.2) is 11.6 Å². The van der Waals surface area contributed by atoms with Crippen LogP contribution in [0.5, 0.6) is 0 Å². The molecular weight excluding hydrogens is 1460 g/mol. The zero-order valence-corrected chi connectivity index (χ0v) is 65.1. The fourth-order valence-corrected chi connectivity index (χ4v) is 14.9. The largest absolute Gasteiger partial charge is 0.494 e. The first-order chi connectivity index (χ1) is 55.9. The molecule has 5 heterocycles. The molecule has 1 saturated heterocycles. The zero-order chi connectivity index (χ0) is 77.4. The van der Waals surface area contributed by atoms with Gasteiger partial charge in [-0.2, -0.15) is 0 Å². The van der Waals surface area contributed by atoms with Crippen molar-refractivity contribution in [1.29, 1.82) is 0 Å². The number of nitrogens with zero attached hydrogens (tertiary/aromatic N) is 6. The number of hydrogen-bond donors (Lipinski definition) is 0. The fraction of sp³-hybridized carbons (Fsp3) is 0.0577. The number of pyridine rings is 2. The Bertz CT molecular complexity index is 6200. The highest BCUT2D eigenvalue weighted by molar-refractivity contribution is 9.10. The summed E-state index contributed by atoms with van der Waals surface area (Å²) in [5.41, 5.74) is 27.7. The van der Waals surface area contributed by atoms with Crippen LogP contribution in [0.4, 0.5) is 0 Å². The molecule has 19 rings (SSSR count). The van der Waals surface area contributed by atoms with Crippen molar-refractivity contribution in [2.24, 2.45) is 0 Å². The van der Waals surface area contributed by atoms with Gasteiger partial charge in [0.1, 0.15) is 0 Å². The summed E-state index contributed by atoms with van der Waals surface area (Å²) in [4.78, 5) is 30.3. The summed E-state index contributed by atoms with van der Waals surface area (Å²) in [5.74, 6) is 1.35. The van der Waals surface area contributed by atoms with E-state index in [9.17, 15) is 0 Å². The maximum atomic E-state index is 6.30. The number of hydrogen-bond acceptors (Lipinski definition) is 8. The highest BCUT2D eigenvalue weighted by Crippen LogP contribution is 2.44. The third-order valence-electron chi connectivity index (χ3n) is 21.4. The summed E-state index contributed by atoms with van der Waals surface area (Å²) in [6, 6.07) is 135. The quantitative estimate of drug-likeness (QED) is 0.0994. The molecule has 0 atom stereocenters. The summed E-state index contributed by atoms with van der Waals surface area (Å²) in [7, 11) is -0.425. The Morgan fingerprint density at radius 2 is 0.491 bits per heavy atom. The second kappa shape index (κ2) is 32.8. The molecule has 1 fully saturated rings. The second-order valence-corrected chi connectivity index (χ2v) is 30.1. The predicted molar refractivity (Wildman–Crippen MR) is 475 cm³/mol. The average Bonchev–Trinajstić information content (AvgIpc) is 1.69. The van der Waals surface area contributed by atoms with Crippen LogP contribution in [0.2, 0.25) is 0 Å². The van der Waals surface area contributed by atoms with Crippen molar-refractivity contribution < 1.29 is 9.31 Å². The predicted octanol–water partition coefficient (Wildman–Crippen LogP) is 26.5. The van der Waals surface area contributed by atoms with Crippen LogP contribution in [0.1, 0.15) is 27.7 Å². The van der Waals surface area contributed by atoms with Gasteiger partial charge in [0, 0.05) is 83.3 Å². The minimum absolute atomic E-state index is 0.399. The molecule has 0 unspecified atom stereocenters. The monoisotopic (exact) mass is 1530 g/mol. The lowest BCUT2D eigenvalue weighted by Gasteiger charge is -2.32. The van der Waals surface area contributed by atoms with Gasteiger partial charge < -0.3 is 9.31 Å². The van der Waals surface area contributed by atoms with Crippen molar-refractivity contribution in [1.82, 2.24) is 29.9 Å². The lowest BCUT2D eigenvalue weighted by molar-refractivity contribution is 0.00578. The first-order valence-corrected chi connectivity index (χ1v) is 39.2. The number of rotatable bonds is 14. The van der Waals surface area contributed by atoms with E-state index in [2.05, 4.69) is 393 Å². The Morgan fingerprint density at radius 3 is 0.816 bits per heavy atom. The standard InChI is InChI=1S/C49H33N3.C40H35BN2O2.C15H10BrN/c1-4-12-34(13-5-1)35-23-29-39(30-24-35)45-47(41-14-6-2-7-15-41)51-49(52-48(45)42-16-8-3-9-17-42)43-31-25-37(26-32-43)36-21-27-38(28-22-36)44-20-10-18-40-19-11-33-50-46(40)44;1-39(2)40(3,4)45-41(44-39)34-26-24-33(25-27-34)38-42-36(31-16-10-6-11-17-31)35(37(43-38)32-18-12-7-13-19-32)30-22-20-29(21-23-30)28-14-8-5-9-15-28;16-13-8-6-11(7-9-13)14-5-1-3-12-4-2-10-17-15(12)14/h1-33H;5-27H,1-4H3;1-10H. The normalized spacial score (nSPS) is 12.7. The van der Waals surface area contributed by atoms with E-state index in [0.29, 0.717) is 11.6 Å². The van der Waals surface area contributed by atoms with Crippen LogP contribution in [-0.4, -0.2) is 48.2 Å². The lowest BCUT2D eigenvalue weighted by atomic mass is 9.79. The third-order valence-corrected chi connectivity index (χ3v) is 21.9. The van der Waals surface area contributed by atoms with Crippen molar-refractivity contribution in [2.75, 3.05) is 0 Å². The number of fused-ring (bicyclic) bond motifs is 2. The molecule has 8 nitrogen and oxygen atoms in total. The van der Waals surface area contributed by atoms with Gasteiger partial charge in [0.05, 0.1) is 45.0 Å². The molecular formula is C104H78BBrN6O2. The Balaban J connectivity index is 0.000000137. The van der Waals surface area contributed by atoms with Crippen molar-refractivity contribution in [3.05, 3.63) is 405 Å². The SMILES string of the molecule is Brc1ccc(-c2cccc3cccnc23)cc1.CC1(C)OB(c2ccc(-c3nc(-c4ccccc4)c(-c4ccc(-c5ccccc5)cc4)c(-c4ccccc4)n3)cc2)OC1(C)C.c1ccc(-c2ccc(-c3c(-c4ccccc4)nc(-c4ccc(-c5ccc(-c6cccc7cccnc67)cc5)cc4)nc3-c3ccccc3)cc2)cc1. The number of para-hydroxylation sites is 2. The zero-order valence-electron chi connectivity index (χ0n) is 63.6. The maximum absolute atomic E-state index is 6.30. The maximum Gasteiger partial charge on any atom is 0.494 e. The topological polar surface area (TPSA) is 95.8 Å². The Labute approximate surface area is 674 Å². The van der Waals surface area contributed by atoms with Crippen LogP contribution in [0, 0.1) is 0 Å². The lowest BCUT2D eigenvalue weighted by Crippen LogP contribution is -2.41. The van der Waals surface area contributed by atoms with Crippen LogP contribution in [0.15, 0.2) is 405 Å². The highest BCUT2D eigenvalue weighted by Gasteiger charge is 2.51. The molecule has 0 bridgehead atoms. The van der Waals surface area contributed by atoms with Gasteiger partial charge in [-0.3, -0.25) is 9.97 Å². The molecule has 0 N–H and O–H groups in total. The van der Waals surface area contributed by atoms with Crippen LogP contribution >= 0.6 is 15.9 Å². The van der Waals surface area contributed by atoms with Crippen LogP contribution in [-0.2, 0) is 9.31 Å². The van der Waals surface area contributed by atoms with E-state index in [4.69, 9.17) is 29.2 Å².